The van der Waals surface area contributed by atoms with Gasteiger partial charge >= 0.3 is 0 Å². The average molecular weight is 433 g/mol. The number of furan rings is 1. The third-order valence-corrected chi connectivity index (χ3v) is 7.22. The monoisotopic (exact) mass is 432 g/mol. The van der Waals surface area contributed by atoms with Crippen molar-refractivity contribution in [3.05, 3.63) is 54.3 Å². The molecule has 8 nitrogen and oxygen atoms in total. The smallest absolute Gasteiger partial charge is 0.233 e. The minimum atomic E-state index is -3.02. The number of hydrogen-bond acceptors (Lipinski definition) is 7. The average Bonchev–Trinajstić information content (AvgIpc) is 3.37. The molecule has 3 aromatic rings. The Morgan fingerprint density at radius 1 is 1.07 bits per heavy atom. The third kappa shape index (κ3) is 4.70. The molecular formula is C19H20N4O4S2. The molecule has 1 aliphatic rings. The molecule has 1 fully saturated rings. The number of benzene rings is 1. The molecule has 1 saturated heterocycles. The number of amides is 1. The second kappa shape index (κ2) is 8.42. The maximum absolute atomic E-state index is 12.5. The van der Waals surface area contributed by atoms with Gasteiger partial charge in [-0.3, -0.25) is 9.36 Å². The van der Waals surface area contributed by atoms with Crippen LogP contribution in [-0.4, -0.2) is 64.3 Å². The lowest BCUT2D eigenvalue weighted by Gasteiger charge is -2.26. The van der Waals surface area contributed by atoms with E-state index in [4.69, 9.17) is 4.42 Å². The topological polar surface area (TPSA) is 98.3 Å². The summed E-state index contributed by atoms with van der Waals surface area (Å²) in [5, 5.41) is 9.13. The molecule has 10 heteroatoms. The van der Waals surface area contributed by atoms with Crippen LogP contribution in [0, 0.1) is 0 Å². The van der Waals surface area contributed by atoms with Crippen LogP contribution in [0.2, 0.25) is 0 Å². The number of sulfone groups is 1. The first kappa shape index (κ1) is 19.7. The number of thioether (sulfide) groups is 1. The summed E-state index contributed by atoms with van der Waals surface area (Å²) in [6.07, 6.45) is 1.58. The van der Waals surface area contributed by atoms with Gasteiger partial charge in [-0.05, 0) is 17.7 Å². The van der Waals surface area contributed by atoms with Crippen LogP contribution in [-0.2, 0) is 21.2 Å². The van der Waals surface area contributed by atoms with E-state index in [1.54, 1.807) is 17.2 Å². The molecule has 0 bridgehead atoms. The van der Waals surface area contributed by atoms with E-state index in [0.717, 1.165) is 5.56 Å². The van der Waals surface area contributed by atoms with E-state index >= 15 is 0 Å². The van der Waals surface area contributed by atoms with E-state index in [2.05, 4.69) is 10.2 Å². The first-order valence-corrected chi connectivity index (χ1v) is 11.9. The van der Waals surface area contributed by atoms with E-state index in [1.165, 1.54) is 11.8 Å². The Morgan fingerprint density at radius 2 is 1.83 bits per heavy atom. The van der Waals surface area contributed by atoms with Gasteiger partial charge in [-0.15, -0.1) is 10.2 Å². The SMILES string of the molecule is O=C(CSc1nnc(-c2ccco2)n1Cc1ccccc1)N1CCS(=O)(=O)CC1. The molecule has 0 atom stereocenters. The van der Waals surface area contributed by atoms with E-state index in [9.17, 15) is 13.2 Å². The summed E-state index contributed by atoms with van der Waals surface area (Å²) in [5.74, 6) is 1.32. The maximum Gasteiger partial charge on any atom is 0.233 e. The molecular weight excluding hydrogens is 412 g/mol. The Kier molecular flexibility index (Phi) is 5.72. The van der Waals surface area contributed by atoms with Crippen LogP contribution >= 0.6 is 11.8 Å². The number of carbonyl (C=O) groups excluding carboxylic acids is 1. The van der Waals surface area contributed by atoms with Crippen LogP contribution < -0.4 is 0 Å². The molecule has 0 N–H and O–H groups in total. The van der Waals surface area contributed by atoms with Gasteiger partial charge in [-0.2, -0.15) is 0 Å². The van der Waals surface area contributed by atoms with E-state index in [-0.39, 0.29) is 36.3 Å². The largest absolute Gasteiger partial charge is 0.461 e. The van der Waals surface area contributed by atoms with Gasteiger partial charge in [0.05, 0.1) is 30.1 Å². The summed E-state index contributed by atoms with van der Waals surface area (Å²) < 4.78 is 30.5. The molecule has 152 valence electrons. The van der Waals surface area contributed by atoms with Crippen molar-refractivity contribution in [1.29, 1.82) is 0 Å². The lowest BCUT2D eigenvalue weighted by Crippen LogP contribution is -2.44. The second-order valence-corrected chi connectivity index (χ2v) is 9.92. The van der Waals surface area contributed by atoms with E-state index in [0.29, 0.717) is 23.3 Å². The van der Waals surface area contributed by atoms with Gasteiger partial charge in [-0.25, -0.2) is 8.42 Å². The number of hydrogen-bond donors (Lipinski definition) is 0. The highest BCUT2D eigenvalue weighted by Crippen LogP contribution is 2.26. The fraction of sp³-hybridized carbons (Fsp3) is 0.316. The first-order chi connectivity index (χ1) is 14.0. The van der Waals surface area contributed by atoms with Crippen molar-refractivity contribution in [3.8, 4) is 11.6 Å². The van der Waals surface area contributed by atoms with Crippen molar-refractivity contribution in [3.63, 3.8) is 0 Å². The number of rotatable bonds is 6. The number of carbonyl (C=O) groups is 1. The Balaban J connectivity index is 1.50. The normalized spacial score (nSPS) is 16.1. The Labute approximate surface area is 172 Å². The summed E-state index contributed by atoms with van der Waals surface area (Å²) in [6, 6.07) is 13.5. The molecule has 1 aromatic carbocycles. The van der Waals surface area contributed by atoms with Gasteiger partial charge in [0.2, 0.25) is 11.7 Å². The summed E-state index contributed by atoms with van der Waals surface area (Å²) in [5.41, 5.74) is 1.08. The summed E-state index contributed by atoms with van der Waals surface area (Å²) in [6.45, 7) is 1.04. The summed E-state index contributed by atoms with van der Waals surface area (Å²) >= 11 is 1.29. The lowest BCUT2D eigenvalue weighted by molar-refractivity contribution is -0.128. The second-order valence-electron chi connectivity index (χ2n) is 6.68. The zero-order chi connectivity index (χ0) is 20.3. The van der Waals surface area contributed by atoms with Crippen LogP contribution in [0.15, 0.2) is 58.3 Å². The molecule has 0 spiro atoms. The molecule has 1 amide bonds. The summed E-state index contributed by atoms with van der Waals surface area (Å²) in [7, 11) is -3.02. The minimum absolute atomic E-state index is 0.0240. The zero-order valence-electron chi connectivity index (χ0n) is 15.6. The zero-order valence-corrected chi connectivity index (χ0v) is 17.2. The molecule has 2 aromatic heterocycles. The van der Waals surface area contributed by atoms with Crippen molar-refractivity contribution in [2.75, 3.05) is 30.3 Å². The van der Waals surface area contributed by atoms with Crippen LogP contribution in [0.5, 0.6) is 0 Å². The molecule has 0 unspecified atom stereocenters. The first-order valence-electron chi connectivity index (χ1n) is 9.14. The van der Waals surface area contributed by atoms with Crippen molar-refractivity contribution in [1.82, 2.24) is 19.7 Å². The molecule has 4 rings (SSSR count). The van der Waals surface area contributed by atoms with Crippen LogP contribution in [0.1, 0.15) is 5.56 Å². The fourth-order valence-electron chi connectivity index (χ4n) is 3.07. The molecule has 1 aliphatic heterocycles. The van der Waals surface area contributed by atoms with Gasteiger partial charge in [-0.1, -0.05) is 42.1 Å². The highest BCUT2D eigenvalue weighted by atomic mass is 32.2. The van der Waals surface area contributed by atoms with E-state index < -0.39 is 9.84 Å². The van der Waals surface area contributed by atoms with Crippen LogP contribution in [0.25, 0.3) is 11.6 Å². The molecule has 0 radical (unpaired) electrons. The van der Waals surface area contributed by atoms with Crippen LogP contribution in [0.4, 0.5) is 0 Å². The quantitative estimate of drug-likeness (QED) is 0.549. The Bertz CT molecular complexity index is 1060. The Morgan fingerprint density at radius 3 is 2.52 bits per heavy atom. The molecule has 3 heterocycles. The number of nitrogens with zero attached hydrogens (tertiary/aromatic N) is 4. The maximum atomic E-state index is 12.5. The minimum Gasteiger partial charge on any atom is -0.461 e. The predicted octanol–water partition coefficient (Wildman–Crippen LogP) is 1.94. The lowest BCUT2D eigenvalue weighted by atomic mass is 10.2. The van der Waals surface area contributed by atoms with Gasteiger partial charge in [0.15, 0.2) is 20.8 Å². The number of aromatic nitrogens is 3. The fourth-order valence-corrected chi connectivity index (χ4v) is 5.11. The van der Waals surface area contributed by atoms with Crippen LogP contribution in [0.3, 0.4) is 0 Å². The summed E-state index contributed by atoms with van der Waals surface area (Å²) in [4.78, 5) is 14.1. The standard InChI is InChI=1S/C19H20N4O4S2/c24-17(22-8-11-29(25,26)12-9-22)14-28-19-21-20-18(16-7-4-10-27-16)23(19)13-15-5-2-1-3-6-15/h1-7,10H,8-9,11-14H2. The van der Waals surface area contributed by atoms with Gasteiger partial charge in [0.25, 0.3) is 0 Å². The van der Waals surface area contributed by atoms with Crippen molar-refractivity contribution < 1.29 is 17.6 Å². The van der Waals surface area contributed by atoms with Crippen molar-refractivity contribution >= 4 is 27.5 Å². The van der Waals surface area contributed by atoms with Gasteiger partial charge in [0, 0.05) is 13.1 Å². The predicted molar refractivity (Wildman–Crippen MR) is 109 cm³/mol. The van der Waals surface area contributed by atoms with Crippen molar-refractivity contribution in [2.45, 2.75) is 11.7 Å². The molecule has 29 heavy (non-hydrogen) atoms. The Hall–Kier alpha value is -2.59. The highest BCUT2D eigenvalue weighted by Gasteiger charge is 2.25. The van der Waals surface area contributed by atoms with Gasteiger partial charge in [0.1, 0.15) is 0 Å². The van der Waals surface area contributed by atoms with Gasteiger partial charge < -0.3 is 9.32 Å². The molecule has 0 aliphatic carbocycles. The third-order valence-electron chi connectivity index (χ3n) is 4.66. The van der Waals surface area contributed by atoms with E-state index in [1.807, 2.05) is 41.0 Å². The highest BCUT2D eigenvalue weighted by molar-refractivity contribution is 7.99. The molecule has 0 saturated carbocycles. The van der Waals surface area contributed by atoms with Crippen molar-refractivity contribution in [2.24, 2.45) is 0 Å².